The topological polar surface area (TPSA) is 88.6 Å². The highest BCUT2D eigenvalue weighted by molar-refractivity contribution is 6.05. The minimum absolute atomic E-state index is 0.0700. The van der Waals surface area contributed by atoms with Crippen molar-refractivity contribution in [2.45, 2.75) is 13.3 Å². The Hall–Kier alpha value is -3.35. The van der Waals surface area contributed by atoms with E-state index in [0.29, 0.717) is 30.2 Å². The quantitative estimate of drug-likeness (QED) is 0.790. The molecule has 4 rings (SSSR count). The van der Waals surface area contributed by atoms with Crippen molar-refractivity contribution in [3.05, 3.63) is 53.9 Å². The third-order valence-corrected chi connectivity index (χ3v) is 4.09. The van der Waals surface area contributed by atoms with Crippen LogP contribution in [0, 0.1) is 0 Å². The van der Waals surface area contributed by atoms with Gasteiger partial charge in [0.2, 0.25) is 11.7 Å². The molecule has 7 nitrogen and oxygen atoms in total. The van der Waals surface area contributed by atoms with Crippen molar-refractivity contribution in [2.24, 2.45) is 0 Å². The highest BCUT2D eigenvalue weighted by Crippen LogP contribution is 2.31. The zero-order valence-corrected chi connectivity index (χ0v) is 13.5. The van der Waals surface area contributed by atoms with Gasteiger partial charge in [0.05, 0.1) is 12.7 Å². The lowest BCUT2D eigenvalue weighted by molar-refractivity contribution is -0.117. The number of amides is 2. The number of nitrogens with zero attached hydrogens (tertiary/aromatic N) is 2. The number of carbonyl (C=O) groups excluding carboxylic acids is 2. The van der Waals surface area contributed by atoms with Crippen LogP contribution in [0.5, 0.6) is 0 Å². The third-order valence-electron chi connectivity index (χ3n) is 4.09. The van der Waals surface area contributed by atoms with Gasteiger partial charge < -0.3 is 19.2 Å². The fraction of sp³-hybridized carbons (Fsp3) is 0.167. The summed E-state index contributed by atoms with van der Waals surface area (Å²) in [6, 6.07) is 10.4. The molecular formula is C18H15N3O4. The van der Waals surface area contributed by atoms with E-state index in [1.807, 2.05) is 19.1 Å². The maximum Gasteiger partial charge on any atom is 0.277 e. The first-order chi connectivity index (χ1) is 12.2. The van der Waals surface area contributed by atoms with E-state index in [2.05, 4.69) is 10.5 Å². The van der Waals surface area contributed by atoms with Crippen LogP contribution in [-0.2, 0) is 11.2 Å². The number of fused-ring (bicyclic) bond motifs is 1. The van der Waals surface area contributed by atoms with Crippen LogP contribution in [0.15, 0.2) is 51.6 Å². The van der Waals surface area contributed by atoms with Crippen LogP contribution in [0.2, 0.25) is 0 Å². The number of nitrogens with one attached hydrogen (secondary N) is 1. The molecular weight excluding hydrogens is 322 g/mol. The molecule has 0 unspecified atom stereocenters. The van der Waals surface area contributed by atoms with E-state index in [1.165, 1.54) is 12.3 Å². The lowest BCUT2D eigenvalue weighted by atomic mass is 10.1. The molecule has 0 saturated carbocycles. The summed E-state index contributed by atoms with van der Waals surface area (Å²) in [6.45, 7) is 2.57. The Kier molecular flexibility index (Phi) is 3.61. The van der Waals surface area contributed by atoms with Gasteiger partial charge in [-0.25, -0.2) is 0 Å². The van der Waals surface area contributed by atoms with Crippen molar-refractivity contribution in [1.82, 2.24) is 5.16 Å². The molecule has 7 heteroatoms. The second-order valence-corrected chi connectivity index (χ2v) is 5.67. The van der Waals surface area contributed by atoms with Gasteiger partial charge >= 0.3 is 0 Å². The highest BCUT2D eigenvalue weighted by Gasteiger charge is 2.26. The first kappa shape index (κ1) is 15.2. The molecule has 0 bridgehead atoms. The van der Waals surface area contributed by atoms with Crippen molar-refractivity contribution in [2.75, 3.05) is 16.8 Å². The fourth-order valence-electron chi connectivity index (χ4n) is 2.92. The molecule has 2 amide bonds. The number of furan rings is 1. The highest BCUT2D eigenvalue weighted by atomic mass is 16.5. The van der Waals surface area contributed by atoms with Crippen LogP contribution in [0.25, 0.3) is 11.5 Å². The van der Waals surface area contributed by atoms with E-state index in [9.17, 15) is 9.59 Å². The zero-order chi connectivity index (χ0) is 17.4. The summed E-state index contributed by atoms with van der Waals surface area (Å²) in [6.07, 6.45) is 1.86. The summed E-state index contributed by atoms with van der Waals surface area (Å²) in [7, 11) is 0. The van der Waals surface area contributed by atoms with Crippen molar-refractivity contribution >= 4 is 23.2 Å². The standard InChI is InChI=1S/C18H15N3O4/c1-2-21-14-6-5-12(8-11(14)9-17(21)22)19-18(23)13-10-16(25-20-13)15-4-3-7-24-15/h3-8,10H,2,9H2,1H3,(H,19,23). The molecule has 0 fully saturated rings. The lowest BCUT2D eigenvalue weighted by Crippen LogP contribution is -2.25. The van der Waals surface area contributed by atoms with Gasteiger partial charge in [-0.3, -0.25) is 9.59 Å². The summed E-state index contributed by atoms with van der Waals surface area (Å²) in [5.41, 5.74) is 2.56. The number of hydrogen-bond acceptors (Lipinski definition) is 5. The predicted octanol–water partition coefficient (Wildman–Crippen LogP) is 3.10. The van der Waals surface area contributed by atoms with E-state index in [-0.39, 0.29) is 11.6 Å². The predicted molar refractivity (Wildman–Crippen MR) is 90.3 cm³/mol. The average Bonchev–Trinajstić information content (AvgIpc) is 3.33. The lowest BCUT2D eigenvalue weighted by Gasteiger charge is -2.14. The van der Waals surface area contributed by atoms with Crippen LogP contribution in [0.1, 0.15) is 23.0 Å². The Morgan fingerprint density at radius 2 is 2.16 bits per heavy atom. The molecule has 25 heavy (non-hydrogen) atoms. The van der Waals surface area contributed by atoms with Crippen LogP contribution >= 0.6 is 0 Å². The number of aromatic nitrogens is 1. The molecule has 3 aromatic rings. The Labute approximate surface area is 143 Å². The minimum atomic E-state index is -0.391. The summed E-state index contributed by atoms with van der Waals surface area (Å²) in [5, 5.41) is 6.54. The van der Waals surface area contributed by atoms with Gasteiger partial charge in [0, 0.05) is 24.0 Å². The summed E-state index contributed by atoms with van der Waals surface area (Å²) in [5.74, 6) is 0.564. The van der Waals surface area contributed by atoms with Crippen molar-refractivity contribution in [3.8, 4) is 11.5 Å². The Balaban J connectivity index is 1.52. The summed E-state index contributed by atoms with van der Waals surface area (Å²) >= 11 is 0. The number of anilines is 2. The number of rotatable bonds is 4. The van der Waals surface area contributed by atoms with E-state index in [0.717, 1.165) is 11.3 Å². The second-order valence-electron chi connectivity index (χ2n) is 5.67. The third kappa shape index (κ3) is 2.69. The maximum absolute atomic E-state index is 12.3. The largest absolute Gasteiger partial charge is 0.461 e. The zero-order valence-electron chi connectivity index (χ0n) is 13.5. The SMILES string of the molecule is CCN1C(=O)Cc2cc(NC(=O)c3cc(-c4ccco4)on3)ccc21. The molecule has 126 valence electrons. The second kappa shape index (κ2) is 5.94. The fourth-order valence-corrected chi connectivity index (χ4v) is 2.92. The molecule has 2 aromatic heterocycles. The van der Waals surface area contributed by atoms with Gasteiger partial charge in [-0.05, 0) is 42.8 Å². The molecule has 0 saturated heterocycles. The molecule has 0 atom stereocenters. The van der Waals surface area contributed by atoms with Gasteiger partial charge in [-0.2, -0.15) is 0 Å². The van der Waals surface area contributed by atoms with Crippen molar-refractivity contribution in [1.29, 1.82) is 0 Å². The smallest absolute Gasteiger partial charge is 0.277 e. The van der Waals surface area contributed by atoms with E-state index < -0.39 is 5.91 Å². The van der Waals surface area contributed by atoms with Gasteiger partial charge in [-0.15, -0.1) is 0 Å². The maximum atomic E-state index is 12.3. The van der Waals surface area contributed by atoms with Crippen LogP contribution < -0.4 is 10.2 Å². The molecule has 1 aliphatic rings. The number of hydrogen-bond donors (Lipinski definition) is 1. The first-order valence-electron chi connectivity index (χ1n) is 7.91. The van der Waals surface area contributed by atoms with Gasteiger partial charge in [0.25, 0.3) is 5.91 Å². The Bertz CT molecular complexity index is 943. The summed E-state index contributed by atoms with van der Waals surface area (Å²) in [4.78, 5) is 26.0. The van der Waals surface area contributed by atoms with E-state index >= 15 is 0 Å². The minimum Gasteiger partial charge on any atom is -0.461 e. The van der Waals surface area contributed by atoms with E-state index in [4.69, 9.17) is 8.94 Å². The molecule has 0 spiro atoms. The van der Waals surface area contributed by atoms with E-state index in [1.54, 1.807) is 23.1 Å². The van der Waals surface area contributed by atoms with Crippen LogP contribution in [-0.4, -0.2) is 23.5 Å². The van der Waals surface area contributed by atoms with Crippen LogP contribution in [0.4, 0.5) is 11.4 Å². The summed E-state index contributed by atoms with van der Waals surface area (Å²) < 4.78 is 10.3. The molecule has 0 radical (unpaired) electrons. The Morgan fingerprint density at radius 3 is 2.92 bits per heavy atom. The van der Waals surface area contributed by atoms with Crippen LogP contribution in [0.3, 0.4) is 0 Å². The molecule has 1 N–H and O–H groups in total. The average molecular weight is 337 g/mol. The molecule has 1 aromatic carbocycles. The van der Waals surface area contributed by atoms with Gasteiger partial charge in [0.1, 0.15) is 0 Å². The monoisotopic (exact) mass is 337 g/mol. The number of benzene rings is 1. The number of carbonyl (C=O) groups is 2. The molecule has 3 heterocycles. The first-order valence-corrected chi connectivity index (χ1v) is 7.91. The Morgan fingerprint density at radius 1 is 1.28 bits per heavy atom. The van der Waals surface area contributed by atoms with Crippen molar-refractivity contribution < 1.29 is 18.5 Å². The molecule has 0 aliphatic carbocycles. The normalized spacial score (nSPS) is 13.2. The van der Waals surface area contributed by atoms with Crippen molar-refractivity contribution in [3.63, 3.8) is 0 Å². The number of likely N-dealkylation sites (N-methyl/N-ethyl adjacent to an activating group) is 1. The molecule has 1 aliphatic heterocycles. The van der Waals surface area contributed by atoms with Gasteiger partial charge in [0.15, 0.2) is 11.5 Å². The van der Waals surface area contributed by atoms with Gasteiger partial charge in [-0.1, -0.05) is 5.16 Å².